The van der Waals surface area contributed by atoms with Crippen molar-refractivity contribution < 1.29 is 41.0 Å². The molecule has 0 spiro atoms. The van der Waals surface area contributed by atoms with Crippen molar-refractivity contribution in [1.29, 1.82) is 0 Å². The van der Waals surface area contributed by atoms with E-state index in [0.717, 1.165) is 28.4 Å². The Labute approximate surface area is 186 Å². The van der Waals surface area contributed by atoms with Crippen LogP contribution in [-0.4, -0.2) is 38.6 Å². The van der Waals surface area contributed by atoms with Gasteiger partial charge in [-0.25, -0.2) is 14.5 Å². The summed E-state index contributed by atoms with van der Waals surface area (Å²) in [5.41, 5.74) is 1.73. The Hall–Kier alpha value is -2.97. The first-order chi connectivity index (χ1) is 15.5. The molecular weight excluding hydrogens is 478 g/mol. The molecule has 1 atom stereocenters. The van der Waals surface area contributed by atoms with E-state index >= 15 is 0 Å². The topological polar surface area (TPSA) is 89.3 Å². The molecule has 3 aromatic rings. The molecular formula is C19H16F6N4O3S. The minimum absolute atomic E-state index is 0.0363. The lowest BCUT2D eigenvalue weighted by molar-refractivity contribution is -0.192. The molecule has 1 aliphatic heterocycles. The van der Waals surface area contributed by atoms with Crippen molar-refractivity contribution in [1.82, 2.24) is 20.1 Å². The minimum Gasteiger partial charge on any atom is -0.475 e. The molecule has 3 heterocycles. The second-order valence-electron chi connectivity index (χ2n) is 6.68. The van der Waals surface area contributed by atoms with Crippen LogP contribution in [0.3, 0.4) is 0 Å². The highest BCUT2D eigenvalue weighted by Crippen LogP contribution is 2.31. The fraction of sp³-hybridized carbons (Fsp3) is 0.316. The summed E-state index contributed by atoms with van der Waals surface area (Å²) in [7, 11) is 0. The van der Waals surface area contributed by atoms with Gasteiger partial charge in [-0.2, -0.15) is 31.4 Å². The number of aliphatic carboxylic acids is 1. The van der Waals surface area contributed by atoms with E-state index < -0.39 is 23.9 Å². The standard InChI is InChI=1S/C17H15F3N4OS.C2HF3O2/c18-17(19,20)11-1-3-12(4-2-11)24-15-10-25-9-14(13(15)7-23-24)22-8-16-21-5-6-26-16;3-2(4,5)1(6)7/h1-7,14,22H,8-10H2;(H,6,7). The van der Waals surface area contributed by atoms with Gasteiger partial charge in [0.15, 0.2) is 0 Å². The van der Waals surface area contributed by atoms with Crippen molar-refractivity contribution in [2.45, 2.75) is 31.5 Å². The van der Waals surface area contributed by atoms with E-state index in [0.29, 0.717) is 25.4 Å². The third-order valence-corrected chi connectivity index (χ3v) is 5.24. The van der Waals surface area contributed by atoms with Crippen LogP contribution in [-0.2, 0) is 28.9 Å². The van der Waals surface area contributed by atoms with E-state index in [4.69, 9.17) is 14.6 Å². The Balaban J connectivity index is 0.000000383. The quantitative estimate of drug-likeness (QED) is 0.525. The van der Waals surface area contributed by atoms with Crippen molar-refractivity contribution in [2.24, 2.45) is 0 Å². The maximum atomic E-state index is 12.7. The maximum absolute atomic E-state index is 12.7. The number of nitrogens with zero attached hydrogens (tertiary/aromatic N) is 3. The predicted molar refractivity (Wildman–Crippen MR) is 104 cm³/mol. The molecule has 0 saturated carbocycles. The molecule has 2 N–H and O–H groups in total. The molecule has 33 heavy (non-hydrogen) atoms. The lowest BCUT2D eigenvalue weighted by atomic mass is 10.1. The van der Waals surface area contributed by atoms with E-state index in [1.54, 1.807) is 28.4 Å². The van der Waals surface area contributed by atoms with Gasteiger partial charge in [0.05, 0.1) is 42.4 Å². The molecule has 2 aromatic heterocycles. The fourth-order valence-electron chi connectivity index (χ4n) is 2.92. The number of halogens is 6. The lowest BCUT2D eigenvalue weighted by Crippen LogP contribution is -2.29. The molecule has 0 aliphatic carbocycles. The van der Waals surface area contributed by atoms with Crippen molar-refractivity contribution in [3.63, 3.8) is 0 Å². The fourth-order valence-corrected chi connectivity index (χ4v) is 3.49. The van der Waals surface area contributed by atoms with E-state index in [1.807, 2.05) is 5.38 Å². The van der Waals surface area contributed by atoms with Crippen molar-refractivity contribution in [3.05, 3.63) is 63.9 Å². The molecule has 1 aromatic carbocycles. The number of carbonyl (C=O) groups is 1. The Morgan fingerprint density at radius 3 is 2.42 bits per heavy atom. The van der Waals surface area contributed by atoms with Crippen molar-refractivity contribution >= 4 is 17.3 Å². The van der Waals surface area contributed by atoms with Gasteiger partial charge in [0, 0.05) is 23.7 Å². The Morgan fingerprint density at radius 2 is 1.88 bits per heavy atom. The molecule has 0 amide bonds. The first kappa shape index (κ1) is 24.7. The first-order valence-electron chi connectivity index (χ1n) is 9.21. The highest BCUT2D eigenvalue weighted by molar-refractivity contribution is 7.09. The Bertz CT molecular complexity index is 1060. The van der Waals surface area contributed by atoms with Crippen LogP contribution in [0.5, 0.6) is 0 Å². The molecule has 0 radical (unpaired) electrons. The van der Waals surface area contributed by atoms with Gasteiger partial charge in [-0.1, -0.05) is 0 Å². The molecule has 14 heteroatoms. The number of ether oxygens (including phenoxy) is 1. The zero-order valence-corrected chi connectivity index (χ0v) is 17.3. The molecule has 0 bridgehead atoms. The van der Waals surface area contributed by atoms with Crippen LogP contribution in [0.15, 0.2) is 42.0 Å². The highest BCUT2D eigenvalue weighted by Gasteiger charge is 2.38. The summed E-state index contributed by atoms with van der Waals surface area (Å²) in [5.74, 6) is -2.76. The lowest BCUT2D eigenvalue weighted by Gasteiger charge is -2.24. The number of nitrogens with one attached hydrogen (secondary N) is 1. The van der Waals surface area contributed by atoms with Gasteiger partial charge in [0.2, 0.25) is 0 Å². The summed E-state index contributed by atoms with van der Waals surface area (Å²) in [6, 6.07) is 4.92. The predicted octanol–water partition coefficient (Wildman–Crippen LogP) is 4.34. The van der Waals surface area contributed by atoms with Gasteiger partial charge in [-0.05, 0) is 24.3 Å². The summed E-state index contributed by atoms with van der Waals surface area (Å²) in [4.78, 5) is 13.1. The van der Waals surface area contributed by atoms with E-state index in [-0.39, 0.29) is 6.04 Å². The van der Waals surface area contributed by atoms with Gasteiger partial charge in [-0.3, -0.25) is 0 Å². The van der Waals surface area contributed by atoms with E-state index in [1.165, 1.54) is 12.1 Å². The number of rotatable bonds is 4. The number of aromatic nitrogens is 3. The Kier molecular flexibility index (Phi) is 7.39. The highest BCUT2D eigenvalue weighted by atomic mass is 32.1. The molecule has 4 rings (SSSR count). The largest absolute Gasteiger partial charge is 0.490 e. The van der Waals surface area contributed by atoms with E-state index in [9.17, 15) is 26.3 Å². The number of benzene rings is 1. The number of alkyl halides is 6. The van der Waals surface area contributed by atoms with Crippen LogP contribution in [0.2, 0.25) is 0 Å². The monoisotopic (exact) mass is 494 g/mol. The van der Waals surface area contributed by atoms with Crippen LogP contribution in [0.25, 0.3) is 5.69 Å². The van der Waals surface area contributed by atoms with E-state index in [2.05, 4.69) is 15.4 Å². The average Bonchev–Trinajstić information content (AvgIpc) is 3.41. The van der Waals surface area contributed by atoms with Gasteiger partial charge >= 0.3 is 18.3 Å². The third-order valence-electron chi connectivity index (χ3n) is 4.46. The second-order valence-corrected chi connectivity index (χ2v) is 7.66. The first-order valence-corrected chi connectivity index (χ1v) is 10.1. The van der Waals surface area contributed by atoms with Crippen molar-refractivity contribution in [3.8, 4) is 5.69 Å². The zero-order valence-electron chi connectivity index (χ0n) is 16.5. The molecule has 1 aliphatic rings. The van der Waals surface area contributed by atoms with Gasteiger partial charge < -0.3 is 15.2 Å². The SMILES string of the molecule is FC(F)(F)c1ccc(-n2ncc3c2COCC3NCc2nccs2)cc1.O=C(O)C(F)(F)F. The number of fused-ring (bicyclic) bond motifs is 1. The molecule has 0 saturated heterocycles. The van der Waals surface area contributed by atoms with Gasteiger partial charge in [0.25, 0.3) is 0 Å². The number of carboxylic acid groups (broad SMARTS) is 1. The molecule has 7 nitrogen and oxygen atoms in total. The van der Waals surface area contributed by atoms with Gasteiger partial charge in [-0.15, -0.1) is 11.3 Å². The van der Waals surface area contributed by atoms with Crippen LogP contribution in [0.1, 0.15) is 27.9 Å². The molecule has 1 unspecified atom stereocenters. The van der Waals surface area contributed by atoms with Crippen LogP contribution >= 0.6 is 11.3 Å². The zero-order chi connectivity index (χ0) is 24.2. The summed E-state index contributed by atoms with van der Waals surface area (Å²) in [5, 5.41) is 17.8. The summed E-state index contributed by atoms with van der Waals surface area (Å²) < 4.78 is 77.2. The van der Waals surface area contributed by atoms with Crippen LogP contribution in [0, 0.1) is 0 Å². The number of thiazole rings is 1. The Morgan fingerprint density at radius 1 is 1.21 bits per heavy atom. The van der Waals surface area contributed by atoms with Gasteiger partial charge in [0.1, 0.15) is 5.01 Å². The number of carboxylic acids is 1. The summed E-state index contributed by atoms with van der Waals surface area (Å²) in [6.45, 7) is 1.50. The average molecular weight is 494 g/mol. The molecule has 0 fully saturated rings. The van der Waals surface area contributed by atoms with Crippen LogP contribution < -0.4 is 5.32 Å². The normalized spacial score (nSPS) is 16.0. The van der Waals surface area contributed by atoms with Crippen LogP contribution in [0.4, 0.5) is 26.3 Å². The molecule has 178 valence electrons. The summed E-state index contributed by atoms with van der Waals surface area (Å²) in [6.07, 6.45) is -5.93. The number of hydrogen-bond donors (Lipinski definition) is 2. The number of hydrogen-bond acceptors (Lipinski definition) is 6. The summed E-state index contributed by atoms with van der Waals surface area (Å²) >= 11 is 1.57. The minimum atomic E-state index is -5.08. The third kappa shape index (κ3) is 6.30. The van der Waals surface area contributed by atoms with Crippen molar-refractivity contribution in [2.75, 3.05) is 6.61 Å². The maximum Gasteiger partial charge on any atom is 0.490 e. The smallest absolute Gasteiger partial charge is 0.475 e. The second kappa shape index (κ2) is 9.89.